The van der Waals surface area contributed by atoms with Gasteiger partial charge in [0, 0.05) is 18.2 Å². The van der Waals surface area contributed by atoms with E-state index in [1.807, 2.05) is 0 Å². The molecule has 0 bridgehead atoms. The third-order valence-electron chi connectivity index (χ3n) is 2.41. The summed E-state index contributed by atoms with van der Waals surface area (Å²) in [4.78, 5) is 0.997. The Labute approximate surface area is 114 Å². The lowest BCUT2D eigenvalue weighted by atomic mass is 10.1. The highest BCUT2D eigenvalue weighted by Gasteiger charge is 2.14. The van der Waals surface area contributed by atoms with Crippen LogP contribution >= 0.6 is 23.1 Å². The van der Waals surface area contributed by atoms with Crippen molar-refractivity contribution in [2.24, 2.45) is 0 Å². The molecule has 18 heavy (non-hydrogen) atoms. The molecule has 0 fully saturated rings. The number of benzene rings is 1. The zero-order chi connectivity index (χ0) is 13.1. The molecule has 0 aliphatic heterocycles. The Balaban J connectivity index is 2.30. The largest absolute Gasteiger partial charge is 0.310 e. The maximum atomic E-state index is 13.0. The Bertz CT molecular complexity index is 542. The Kier molecular flexibility index (Phi) is 4.27. The zero-order valence-electron chi connectivity index (χ0n) is 10.1. The minimum absolute atomic E-state index is 0.353. The molecule has 0 saturated heterocycles. The van der Waals surface area contributed by atoms with Crippen LogP contribution in [0.25, 0.3) is 11.3 Å². The molecule has 0 amide bonds. The summed E-state index contributed by atoms with van der Waals surface area (Å²) < 4.78 is 17.0. The van der Waals surface area contributed by atoms with E-state index in [9.17, 15) is 4.39 Å². The molecule has 0 saturated carbocycles. The second-order valence-electron chi connectivity index (χ2n) is 4.20. The number of aromatic nitrogens is 2. The van der Waals surface area contributed by atoms with Gasteiger partial charge in [0.25, 0.3) is 0 Å². The molecule has 2 rings (SSSR count). The molecule has 1 aromatic heterocycles. The fourth-order valence-corrected chi connectivity index (χ4v) is 2.37. The predicted molar refractivity (Wildman–Crippen MR) is 72.3 cm³/mol. The SMILES string of the molecule is CC(C)NCc1snnc1-c1ccc(F)cc1Cl. The van der Waals surface area contributed by atoms with Crippen molar-refractivity contribution in [2.75, 3.05) is 0 Å². The third kappa shape index (κ3) is 3.04. The summed E-state index contributed by atoms with van der Waals surface area (Å²) >= 11 is 7.36. The molecule has 2 aromatic rings. The van der Waals surface area contributed by atoms with Gasteiger partial charge in [-0.1, -0.05) is 29.9 Å². The molecule has 0 radical (unpaired) electrons. The lowest BCUT2D eigenvalue weighted by Crippen LogP contribution is -2.21. The molecule has 96 valence electrons. The van der Waals surface area contributed by atoms with Crippen LogP contribution in [0.3, 0.4) is 0 Å². The quantitative estimate of drug-likeness (QED) is 0.934. The van der Waals surface area contributed by atoms with E-state index in [1.54, 1.807) is 6.07 Å². The van der Waals surface area contributed by atoms with E-state index < -0.39 is 0 Å². The Morgan fingerprint density at radius 3 is 2.89 bits per heavy atom. The van der Waals surface area contributed by atoms with Gasteiger partial charge in [0.2, 0.25) is 0 Å². The summed E-state index contributed by atoms with van der Waals surface area (Å²) in [6.07, 6.45) is 0. The fraction of sp³-hybridized carbons (Fsp3) is 0.333. The van der Waals surface area contributed by atoms with Gasteiger partial charge in [0.1, 0.15) is 11.5 Å². The van der Waals surface area contributed by atoms with E-state index >= 15 is 0 Å². The normalized spacial score (nSPS) is 11.2. The van der Waals surface area contributed by atoms with Crippen LogP contribution in [-0.2, 0) is 6.54 Å². The van der Waals surface area contributed by atoms with Crippen molar-refractivity contribution in [3.8, 4) is 11.3 Å². The smallest absolute Gasteiger partial charge is 0.124 e. The van der Waals surface area contributed by atoms with Crippen molar-refractivity contribution >= 4 is 23.1 Å². The summed E-state index contributed by atoms with van der Waals surface area (Å²) in [5.74, 6) is -0.353. The van der Waals surface area contributed by atoms with Gasteiger partial charge >= 0.3 is 0 Å². The Morgan fingerprint density at radius 1 is 1.44 bits per heavy atom. The van der Waals surface area contributed by atoms with Crippen LogP contribution in [0.2, 0.25) is 5.02 Å². The van der Waals surface area contributed by atoms with Crippen LogP contribution in [0, 0.1) is 5.82 Å². The topological polar surface area (TPSA) is 37.8 Å². The van der Waals surface area contributed by atoms with E-state index in [1.165, 1.54) is 23.7 Å². The van der Waals surface area contributed by atoms with Crippen molar-refractivity contribution in [2.45, 2.75) is 26.4 Å². The van der Waals surface area contributed by atoms with Crippen LogP contribution in [0.5, 0.6) is 0 Å². The highest BCUT2D eigenvalue weighted by Crippen LogP contribution is 2.30. The van der Waals surface area contributed by atoms with Crippen molar-refractivity contribution in [1.29, 1.82) is 0 Å². The number of hydrogen-bond acceptors (Lipinski definition) is 4. The average Bonchev–Trinajstić information content (AvgIpc) is 2.74. The van der Waals surface area contributed by atoms with Gasteiger partial charge in [-0.3, -0.25) is 0 Å². The molecule has 3 nitrogen and oxygen atoms in total. The number of nitrogens with one attached hydrogen (secondary N) is 1. The highest BCUT2D eigenvalue weighted by atomic mass is 35.5. The van der Waals surface area contributed by atoms with Gasteiger partial charge in [0.15, 0.2) is 0 Å². The first-order chi connectivity index (χ1) is 8.58. The average molecular weight is 286 g/mol. The Hall–Kier alpha value is -1.04. The fourth-order valence-electron chi connectivity index (χ4n) is 1.51. The molecule has 0 aliphatic rings. The van der Waals surface area contributed by atoms with Gasteiger partial charge in [0.05, 0.1) is 9.90 Å². The Morgan fingerprint density at radius 2 is 2.22 bits per heavy atom. The van der Waals surface area contributed by atoms with Crippen molar-refractivity contribution in [3.05, 3.63) is 33.9 Å². The van der Waals surface area contributed by atoms with Crippen LogP contribution in [0.1, 0.15) is 18.7 Å². The first-order valence-corrected chi connectivity index (χ1v) is 6.73. The van der Waals surface area contributed by atoms with Gasteiger partial charge in [-0.15, -0.1) is 5.10 Å². The standard InChI is InChI=1S/C12H13ClFN3S/c1-7(2)15-6-11-12(16-17-18-11)9-4-3-8(14)5-10(9)13/h3-5,7,15H,6H2,1-2H3. The predicted octanol–water partition coefficient (Wildman–Crippen LogP) is 3.50. The first-order valence-electron chi connectivity index (χ1n) is 5.58. The molecule has 0 atom stereocenters. The van der Waals surface area contributed by atoms with Gasteiger partial charge in [-0.2, -0.15) is 0 Å². The van der Waals surface area contributed by atoms with Crippen molar-refractivity contribution in [3.63, 3.8) is 0 Å². The molecule has 1 N–H and O–H groups in total. The molecule has 0 aliphatic carbocycles. The van der Waals surface area contributed by atoms with Gasteiger partial charge in [-0.25, -0.2) is 4.39 Å². The van der Waals surface area contributed by atoms with Gasteiger partial charge < -0.3 is 5.32 Å². The molecule has 6 heteroatoms. The van der Waals surface area contributed by atoms with E-state index in [0.717, 1.165) is 10.6 Å². The third-order valence-corrected chi connectivity index (χ3v) is 3.45. The highest BCUT2D eigenvalue weighted by molar-refractivity contribution is 7.06. The summed E-state index contributed by atoms with van der Waals surface area (Å²) in [6, 6.07) is 4.67. The number of hydrogen-bond donors (Lipinski definition) is 1. The van der Waals surface area contributed by atoms with Crippen LogP contribution < -0.4 is 5.32 Å². The minimum atomic E-state index is -0.353. The van der Waals surface area contributed by atoms with E-state index in [2.05, 4.69) is 28.8 Å². The number of nitrogens with zero attached hydrogens (tertiary/aromatic N) is 2. The van der Waals surface area contributed by atoms with E-state index in [-0.39, 0.29) is 5.82 Å². The van der Waals surface area contributed by atoms with E-state index in [0.29, 0.717) is 23.2 Å². The monoisotopic (exact) mass is 285 g/mol. The zero-order valence-corrected chi connectivity index (χ0v) is 11.6. The second-order valence-corrected chi connectivity index (χ2v) is 5.45. The molecular formula is C12H13ClFN3S. The minimum Gasteiger partial charge on any atom is -0.310 e. The summed E-state index contributed by atoms with van der Waals surface area (Å²) in [7, 11) is 0. The lowest BCUT2D eigenvalue weighted by Gasteiger charge is -2.07. The number of halogens is 2. The summed E-state index contributed by atoms with van der Waals surface area (Å²) in [5.41, 5.74) is 1.44. The maximum Gasteiger partial charge on any atom is 0.124 e. The van der Waals surface area contributed by atoms with Gasteiger partial charge in [-0.05, 0) is 29.7 Å². The lowest BCUT2D eigenvalue weighted by molar-refractivity contribution is 0.593. The van der Waals surface area contributed by atoms with Crippen molar-refractivity contribution in [1.82, 2.24) is 14.9 Å². The van der Waals surface area contributed by atoms with Crippen LogP contribution in [0.4, 0.5) is 4.39 Å². The number of rotatable bonds is 4. The van der Waals surface area contributed by atoms with Crippen LogP contribution in [-0.4, -0.2) is 15.6 Å². The van der Waals surface area contributed by atoms with E-state index in [4.69, 9.17) is 11.6 Å². The van der Waals surface area contributed by atoms with Crippen LogP contribution in [0.15, 0.2) is 18.2 Å². The first kappa shape index (κ1) is 13.4. The molecule has 1 aromatic carbocycles. The molecule has 1 heterocycles. The molecule has 0 spiro atoms. The molecular weight excluding hydrogens is 273 g/mol. The second kappa shape index (κ2) is 5.73. The molecule has 0 unspecified atom stereocenters. The maximum absolute atomic E-state index is 13.0. The summed E-state index contributed by atoms with van der Waals surface area (Å²) in [6.45, 7) is 4.82. The summed E-state index contributed by atoms with van der Waals surface area (Å²) in [5, 5.41) is 7.73. The van der Waals surface area contributed by atoms with Crippen molar-refractivity contribution < 1.29 is 4.39 Å².